The van der Waals surface area contributed by atoms with Crippen LogP contribution in [0.25, 0.3) is 5.73 Å². The van der Waals surface area contributed by atoms with Gasteiger partial charge in [-0.05, 0) is 39.0 Å². The molecule has 0 aromatic carbocycles. The third kappa shape index (κ3) is 5.78. The number of carbonyl (C=O) groups is 3. The summed E-state index contributed by atoms with van der Waals surface area (Å²) >= 11 is 0. The van der Waals surface area contributed by atoms with E-state index in [0.29, 0.717) is 45.7 Å². The average molecular weight is 428 g/mol. The van der Waals surface area contributed by atoms with Crippen molar-refractivity contribution in [3.8, 4) is 6.07 Å². The molecule has 1 saturated carbocycles. The maximum absolute atomic E-state index is 12.5. The van der Waals surface area contributed by atoms with Crippen LogP contribution in [0, 0.1) is 16.7 Å². The Kier molecular flexibility index (Phi) is 6.91. The Morgan fingerprint density at radius 2 is 1.80 bits per heavy atom. The van der Waals surface area contributed by atoms with Gasteiger partial charge < -0.3 is 26.0 Å². The molecule has 3 fully saturated rings. The molecule has 3 aliphatic rings. The lowest BCUT2D eigenvalue weighted by molar-refractivity contribution is -0.137. The van der Waals surface area contributed by atoms with Crippen molar-refractivity contribution in [2.75, 3.05) is 26.7 Å². The highest BCUT2D eigenvalue weighted by atomic mass is 19.3. The monoisotopic (exact) mass is 428 g/mol. The molecule has 3 amide bonds. The summed E-state index contributed by atoms with van der Waals surface area (Å²) in [6.07, 6.45) is 1.62. The van der Waals surface area contributed by atoms with E-state index >= 15 is 0 Å². The number of halogens is 2. The molecule has 1 atom stereocenters. The number of amides is 3. The summed E-state index contributed by atoms with van der Waals surface area (Å²) in [4.78, 5) is 37.1. The minimum absolute atomic E-state index is 0.201. The molecule has 0 aromatic heterocycles. The fraction of sp³-hybridized carbons (Fsp3) is 0.789. The van der Waals surface area contributed by atoms with Crippen LogP contribution in [0.2, 0.25) is 0 Å². The van der Waals surface area contributed by atoms with Crippen LogP contribution in [0.1, 0.15) is 45.4 Å². The first-order valence-corrected chi connectivity index (χ1v) is 9.89. The van der Waals surface area contributed by atoms with E-state index in [1.54, 1.807) is 4.90 Å². The summed E-state index contributed by atoms with van der Waals surface area (Å²) in [5.41, 5.74) is 6.08. The lowest BCUT2D eigenvalue weighted by atomic mass is 9.77. The van der Waals surface area contributed by atoms with E-state index in [0.717, 1.165) is 13.0 Å². The van der Waals surface area contributed by atoms with Crippen LogP contribution < -0.4 is 5.32 Å². The predicted molar refractivity (Wildman–Crippen MR) is 103 cm³/mol. The molecule has 1 aliphatic carbocycles. The first-order chi connectivity index (χ1) is 13.8. The van der Waals surface area contributed by atoms with Crippen molar-refractivity contribution in [2.24, 2.45) is 5.41 Å². The van der Waals surface area contributed by atoms with E-state index in [-0.39, 0.29) is 11.3 Å². The predicted octanol–water partition coefficient (Wildman–Crippen LogP) is 2.23. The van der Waals surface area contributed by atoms with Crippen LogP contribution in [0.15, 0.2) is 0 Å². The highest BCUT2D eigenvalue weighted by molar-refractivity contribution is 5.85. The molecule has 2 aliphatic heterocycles. The lowest BCUT2D eigenvalue weighted by Crippen LogP contribution is -2.45. The highest BCUT2D eigenvalue weighted by Crippen LogP contribution is 2.40. The summed E-state index contributed by atoms with van der Waals surface area (Å²) in [6.45, 7) is 2.47. The number of hydrogen-bond donors (Lipinski definition) is 2. The van der Waals surface area contributed by atoms with Crippen LogP contribution in [0.4, 0.5) is 13.6 Å². The van der Waals surface area contributed by atoms with Crippen LogP contribution in [-0.2, 0) is 9.59 Å². The maximum atomic E-state index is 12.5. The second kappa shape index (κ2) is 8.71. The zero-order valence-electron chi connectivity index (χ0n) is 17.2. The Morgan fingerprint density at radius 1 is 1.27 bits per heavy atom. The van der Waals surface area contributed by atoms with Gasteiger partial charge >= 0.3 is 6.09 Å². The van der Waals surface area contributed by atoms with Gasteiger partial charge in [0.05, 0.1) is 11.5 Å². The second-order valence-corrected chi connectivity index (χ2v) is 8.54. The van der Waals surface area contributed by atoms with Crippen molar-refractivity contribution in [1.29, 1.82) is 5.26 Å². The van der Waals surface area contributed by atoms with Crippen molar-refractivity contribution < 1.29 is 28.3 Å². The molecule has 3 rings (SSSR count). The molecule has 3 N–H and O–H groups in total. The zero-order chi connectivity index (χ0) is 22.7. The first-order valence-electron chi connectivity index (χ1n) is 9.89. The number of piperidine rings is 1. The quantitative estimate of drug-likeness (QED) is 0.707. The number of hydrogen-bond acceptors (Lipinski definition) is 4. The Bertz CT molecular complexity index is 721. The third-order valence-electron chi connectivity index (χ3n) is 5.92. The number of carboxylic acid groups (broad SMARTS) is 1. The van der Waals surface area contributed by atoms with Gasteiger partial charge in [-0.15, -0.1) is 0 Å². The first kappa shape index (κ1) is 23.8. The van der Waals surface area contributed by atoms with Crippen molar-refractivity contribution in [3.63, 3.8) is 0 Å². The van der Waals surface area contributed by atoms with Gasteiger partial charge in [0.1, 0.15) is 5.54 Å². The lowest BCUT2D eigenvalue weighted by Gasteiger charge is -2.36. The number of alkyl halides is 2. The van der Waals surface area contributed by atoms with Crippen LogP contribution >= 0.6 is 0 Å². The summed E-state index contributed by atoms with van der Waals surface area (Å²) in [7, 11) is 1.82. The van der Waals surface area contributed by atoms with E-state index in [4.69, 9.17) is 16.1 Å². The van der Waals surface area contributed by atoms with Crippen LogP contribution in [-0.4, -0.2) is 77.0 Å². The van der Waals surface area contributed by atoms with Crippen LogP contribution in [0.5, 0.6) is 0 Å². The molecular formula is C19H28F2N5O4-. The minimum atomic E-state index is -3.03. The Hall–Kier alpha value is -2.48. The molecule has 30 heavy (non-hydrogen) atoms. The molecule has 168 valence electrons. The van der Waals surface area contributed by atoms with Crippen LogP contribution in [0.3, 0.4) is 0 Å². The number of rotatable bonds is 4. The largest absolute Gasteiger partial charge is 0.667 e. The van der Waals surface area contributed by atoms with Gasteiger partial charge in [-0.3, -0.25) is 9.59 Å². The van der Waals surface area contributed by atoms with Gasteiger partial charge in [0.2, 0.25) is 17.7 Å². The van der Waals surface area contributed by atoms with E-state index in [1.807, 2.05) is 13.1 Å². The Morgan fingerprint density at radius 3 is 2.17 bits per heavy atom. The summed E-state index contributed by atoms with van der Waals surface area (Å²) in [5, 5.41) is 19.8. The van der Waals surface area contributed by atoms with Gasteiger partial charge in [0.15, 0.2) is 0 Å². The molecule has 1 spiro atoms. The van der Waals surface area contributed by atoms with E-state index in [2.05, 4.69) is 5.32 Å². The van der Waals surface area contributed by atoms with Gasteiger partial charge in [-0.1, -0.05) is 6.04 Å². The number of carbonyl (C=O) groups excluding carboxylic acids is 2. The molecule has 2 heterocycles. The van der Waals surface area contributed by atoms with Crippen molar-refractivity contribution in [1.82, 2.24) is 15.1 Å². The molecule has 2 saturated heterocycles. The second-order valence-electron chi connectivity index (χ2n) is 8.54. The molecule has 0 unspecified atom stereocenters. The summed E-state index contributed by atoms with van der Waals surface area (Å²) in [5.74, 6) is -3.63. The van der Waals surface area contributed by atoms with E-state index < -0.39 is 35.9 Å². The normalized spacial score (nSPS) is 22.6. The van der Waals surface area contributed by atoms with Gasteiger partial charge in [-0.25, -0.2) is 13.6 Å². The topological polar surface area (TPSA) is 138 Å². The fourth-order valence-corrected chi connectivity index (χ4v) is 3.75. The van der Waals surface area contributed by atoms with Crippen molar-refractivity contribution >= 4 is 17.9 Å². The molecular weight excluding hydrogens is 400 g/mol. The fourth-order valence-electron chi connectivity index (χ4n) is 3.75. The third-order valence-corrected chi connectivity index (χ3v) is 5.92. The molecule has 11 heteroatoms. The molecule has 0 aromatic rings. The van der Waals surface area contributed by atoms with E-state index in [9.17, 15) is 23.2 Å². The molecule has 9 nitrogen and oxygen atoms in total. The number of likely N-dealkylation sites (tertiary alicyclic amines) is 2. The van der Waals surface area contributed by atoms with Gasteiger partial charge in [0, 0.05) is 33.1 Å². The van der Waals surface area contributed by atoms with Crippen molar-refractivity contribution in [3.05, 3.63) is 5.73 Å². The number of nitrogens with zero attached hydrogens (tertiary/aromatic N) is 3. The number of nitrogens with one attached hydrogen (secondary N) is 2. The van der Waals surface area contributed by atoms with Crippen molar-refractivity contribution in [2.45, 2.75) is 63.0 Å². The smallest absolute Gasteiger partial charge is 0.407 e. The Labute approximate surface area is 174 Å². The SMILES string of the molecule is CC(F)(F)C[C@H]([NH-])C(=O)NC1(C#N)CC1.CN1CCC2(CCN(C(=O)O)CC2)C1=O. The average Bonchev–Trinajstić information content (AvgIpc) is 3.39. The summed E-state index contributed by atoms with van der Waals surface area (Å²) < 4.78 is 25.0. The maximum Gasteiger partial charge on any atom is 0.407 e. The Balaban J connectivity index is 0.000000214. The van der Waals surface area contributed by atoms with E-state index in [1.165, 1.54) is 4.90 Å². The van der Waals surface area contributed by atoms with Gasteiger partial charge in [-0.2, -0.15) is 5.26 Å². The zero-order valence-corrected chi connectivity index (χ0v) is 17.2. The van der Waals surface area contributed by atoms with Gasteiger partial charge in [0.25, 0.3) is 0 Å². The molecule has 0 bridgehead atoms. The number of nitriles is 1. The highest BCUT2D eigenvalue weighted by Gasteiger charge is 2.47. The minimum Gasteiger partial charge on any atom is -0.667 e. The molecule has 0 radical (unpaired) electrons. The standard InChI is InChI=1S/C10H16N2O3.C9H12F2N3O/c1-11-5-2-10(8(11)13)3-6-12(7-4-10)9(14)15;1-8(10,11)4-6(13)7(15)14-9(5-12)2-3-9/h2-7H2,1H3,(H,14,15);6,13H,2-4H2,1H3,(H,14,15)/q;-1/t;6-/m.0/s1. The summed E-state index contributed by atoms with van der Waals surface area (Å²) in [6, 6.07) is 0.380.